The van der Waals surface area contributed by atoms with Gasteiger partial charge in [0.25, 0.3) is 0 Å². The van der Waals surface area contributed by atoms with Crippen molar-refractivity contribution in [2.24, 2.45) is 0 Å². The molecule has 0 radical (unpaired) electrons. The maximum Gasteiger partial charge on any atom is 0.159 e. The number of anilines is 1. The molecule has 0 spiro atoms. The summed E-state index contributed by atoms with van der Waals surface area (Å²) in [7, 11) is 1.85. The first-order chi connectivity index (χ1) is 7.24. The summed E-state index contributed by atoms with van der Waals surface area (Å²) in [6.07, 6.45) is 0. The maximum atomic E-state index is 10.8. The van der Waals surface area contributed by atoms with Crippen LogP contribution in [0.2, 0.25) is 0 Å². The third-order valence-electron chi connectivity index (χ3n) is 1.58. The molecule has 0 aliphatic rings. The minimum absolute atomic E-state index is 0.104. The number of carbonyl (C=O) groups is 1. The minimum atomic E-state index is 0.104. The van der Waals surface area contributed by atoms with Crippen LogP contribution in [-0.4, -0.2) is 12.8 Å². The molecule has 1 N–H and O–H groups in total. The Morgan fingerprint density at radius 1 is 1.20 bits per heavy atom. The Kier molecular flexibility index (Phi) is 10.7. The van der Waals surface area contributed by atoms with Crippen LogP contribution in [0.5, 0.6) is 0 Å². The van der Waals surface area contributed by atoms with Crippen molar-refractivity contribution in [1.29, 1.82) is 5.26 Å². The van der Waals surface area contributed by atoms with Gasteiger partial charge < -0.3 is 5.32 Å². The number of hydrogen-bond donors (Lipinski definition) is 1. The minimum Gasteiger partial charge on any atom is -0.388 e. The van der Waals surface area contributed by atoms with E-state index in [1.165, 1.54) is 0 Å². The lowest BCUT2D eigenvalue weighted by atomic mass is 10.1. The van der Waals surface area contributed by atoms with Gasteiger partial charge in [0.05, 0.1) is 0 Å². The number of nitriles is 1. The molecule has 0 saturated carbocycles. The molecule has 0 bridgehead atoms. The highest BCUT2D eigenvalue weighted by Gasteiger charge is 1.96. The second-order valence-corrected chi connectivity index (χ2v) is 2.38. The highest BCUT2D eigenvalue weighted by atomic mass is 16.1. The van der Waals surface area contributed by atoms with Crippen molar-refractivity contribution in [1.82, 2.24) is 0 Å². The first-order valence-corrected chi connectivity index (χ1v) is 4.78. The van der Waals surface area contributed by atoms with Gasteiger partial charge >= 0.3 is 0 Å². The lowest BCUT2D eigenvalue weighted by molar-refractivity contribution is 0.101. The Balaban J connectivity index is 0. The van der Waals surface area contributed by atoms with E-state index in [0.717, 1.165) is 11.3 Å². The van der Waals surface area contributed by atoms with Gasteiger partial charge in [-0.25, -0.2) is 5.26 Å². The Hall–Kier alpha value is -1.82. The van der Waals surface area contributed by atoms with Gasteiger partial charge in [-0.15, -0.1) is 0 Å². The summed E-state index contributed by atoms with van der Waals surface area (Å²) < 4.78 is 0. The molecule has 0 saturated heterocycles. The molecule has 1 aromatic rings. The summed E-state index contributed by atoms with van der Waals surface area (Å²) in [6.45, 7) is 9.06. The quantitative estimate of drug-likeness (QED) is 0.756. The predicted molar refractivity (Wildman–Crippen MR) is 64.0 cm³/mol. The van der Waals surface area contributed by atoms with Gasteiger partial charge in [0.15, 0.2) is 5.78 Å². The Bertz CT molecular complexity index is 288. The molecule has 0 aliphatic carbocycles. The van der Waals surface area contributed by atoms with Crippen LogP contribution in [0.25, 0.3) is 0 Å². The van der Waals surface area contributed by atoms with E-state index in [4.69, 9.17) is 5.26 Å². The fourth-order valence-electron chi connectivity index (χ4n) is 0.872. The van der Waals surface area contributed by atoms with Crippen molar-refractivity contribution in [3.05, 3.63) is 29.8 Å². The monoisotopic (exact) mass is 206 g/mol. The molecular formula is C12H18N2O. The average molecular weight is 206 g/mol. The third-order valence-corrected chi connectivity index (χ3v) is 1.58. The fourth-order valence-corrected chi connectivity index (χ4v) is 0.872. The van der Waals surface area contributed by atoms with E-state index in [1.807, 2.05) is 45.2 Å². The van der Waals surface area contributed by atoms with Crippen molar-refractivity contribution in [2.75, 3.05) is 12.4 Å². The number of rotatable bonds is 2. The standard InChI is InChI=1S/C9H11NO.C2H6.CHN/c1-7(11)8-3-5-9(10-2)6-4-8;2*1-2/h3-6,10H,1-2H3;1-2H3;1H. The topological polar surface area (TPSA) is 52.9 Å². The van der Waals surface area contributed by atoms with E-state index in [1.54, 1.807) is 6.92 Å². The van der Waals surface area contributed by atoms with E-state index in [-0.39, 0.29) is 5.78 Å². The SMILES string of the molecule is C#N.CC.CNc1ccc(C(C)=O)cc1. The van der Waals surface area contributed by atoms with Crippen LogP contribution in [0.3, 0.4) is 0 Å². The zero-order valence-corrected chi connectivity index (χ0v) is 9.74. The van der Waals surface area contributed by atoms with E-state index >= 15 is 0 Å². The lowest BCUT2D eigenvalue weighted by Gasteiger charge is -1.99. The maximum absolute atomic E-state index is 10.8. The molecule has 82 valence electrons. The smallest absolute Gasteiger partial charge is 0.159 e. The molecule has 3 nitrogen and oxygen atoms in total. The zero-order valence-electron chi connectivity index (χ0n) is 9.74. The van der Waals surface area contributed by atoms with E-state index in [2.05, 4.69) is 11.9 Å². The second kappa shape index (κ2) is 10.3. The summed E-state index contributed by atoms with van der Waals surface area (Å²) in [5, 5.41) is 9.48. The van der Waals surface area contributed by atoms with Crippen molar-refractivity contribution >= 4 is 11.5 Å². The van der Waals surface area contributed by atoms with Crippen molar-refractivity contribution in [3.63, 3.8) is 0 Å². The van der Waals surface area contributed by atoms with E-state index in [0.29, 0.717) is 0 Å². The van der Waals surface area contributed by atoms with Crippen LogP contribution >= 0.6 is 0 Å². The summed E-state index contributed by atoms with van der Waals surface area (Å²) in [5.41, 5.74) is 1.78. The van der Waals surface area contributed by atoms with Crippen molar-refractivity contribution in [2.45, 2.75) is 20.8 Å². The first kappa shape index (κ1) is 15.6. The van der Waals surface area contributed by atoms with E-state index < -0.39 is 0 Å². The number of ketones is 1. The molecule has 0 unspecified atom stereocenters. The number of nitrogens with zero attached hydrogens (tertiary/aromatic N) is 1. The molecule has 1 aromatic carbocycles. The molecule has 0 atom stereocenters. The number of benzene rings is 1. The van der Waals surface area contributed by atoms with Crippen LogP contribution in [-0.2, 0) is 0 Å². The van der Waals surface area contributed by atoms with Gasteiger partial charge in [0, 0.05) is 24.9 Å². The summed E-state index contributed by atoms with van der Waals surface area (Å²) >= 11 is 0. The van der Waals surface area contributed by atoms with Gasteiger partial charge in [-0.3, -0.25) is 4.79 Å². The summed E-state index contributed by atoms with van der Waals surface area (Å²) in [6, 6.07) is 7.40. The van der Waals surface area contributed by atoms with Crippen molar-refractivity contribution < 1.29 is 4.79 Å². The highest BCUT2D eigenvalue weighted by Crippen LogP contribution is 2.08. The Labute approximate surface area is 91.7 Å². The van der Waals surface area contributed by atoms with Gasteiger partial charge in [0.1, 0.15) is 0 Å². The normalized spacial score (nSPS) is 7.33. The highest BCUT2D eigenvalue weighted by molar-refractivity contribution is 5.94. The Morgan fingerprint density at radius 3 is 1.87 bits per heavy atom. The van der Waals surface area contributed by atoms with Crippen LogP contribution in [0.1, 0.15) is 31.1 Å². The van der Waals surface area contributed by atoms with Crippen LogP contribution < -0.4 is 5.32 Å². The molecule has 1 rings (SSSR count). The summed E-state index contributed by atoms with van der Waals surface area (Å²) in [5.74, 6) is 0.104. The van der Waals surface area contributed by atoms with Gasteiger partial charge in [-0.2, -0.15) is 0 Å². The summed E-state index contributed by atoms with van der Waals surface area (Å²) in [4.78, 5) is 10.8. The molecule has 0 amide bonds. The largest absolute Gasteiger partial charge is 0.388 e. The zero-order chi connectivity index (χ0) is 12.3. The second-order valence-electron chi connectivity index (χ2n) is 2.38. The van der Waals surface area contributed by atoms with Gasteiger partial charge in [0.2, 0.25) is 0 Å². The van der Waals surface area contributed by atoms with Gasteiger partial charge in [-0.1, -0.05) is 13.8 Å². The Morgan fingerprint density at radius 2 is 1.60 bits per heavy atom. The average Bonchev–Trinajstić information content (AvgIpc) is 2.34. The molecule has 3 heteroatoms. The first-order valence-electron chi connectivity index (χ1n) is 4.78. The number of carbonyl (C=O) groups excluding carboxylic acids is 1. The predicted octanol–water partition coefficient (Wildman–Crippen LogP) is 3.10. The number of nitrogens with one attached hydrogen (secondary N) is 1. The molecule has 0 fully saturated rings. The van der Waals surface area contributed by atoms with Crippen LogP contribution in [0.15, 0.2) is 24.3 Å². The van der Waals surface area contributed by atoms with Crippen molar-refractivity contribution in [3.8, 4) is 6.57 Å². The molecule has 0 aromatic heterocycles. The molecule has 0 heterocycles. The fraction of sp³-hybridized carbons (Fsp3) is 0.333. The molecular weight excluding hydrogens is 188 g/mol. The van der Waals surface area contributed by atoms with Crippen LogP contribution in [0.4, 0.5) is 5.69 Å². The number of Topliss-reactive ketones (excluding diaryl/α,β-unsaturated/α-hetero) is 1. The van der Waals surface area contributed by atoms with Crippen LogP contribution in [0, 0.1) is 11.8 Å². The van der Waals surface area contributed by atoms with Gasteiger partial charge in [-0.05, 0) is 31.2 Å². The third kappa shape index (κ3) is 6.28. The lowest BCUT2D eigenvalue weighted by Crippen LogP contribution is -1.92. The number of hydrogen-bond acceptors (Lipinski definition) is 3. The molecule has 0 aliphatic heterocycles. The molecule has 15 heavy (non-hydrogen) atoms. The van der Waals surface area contributed by atoms with E-state index in [9.17, 15) is 4.79 Å².